The Morgan fingerprint density at radius 2 is 1.94 bits per heavy atom. The van der Waals surface area contributed by atoms with E-state index in [2.05, 4.69) is 4.72 Å². The summed E-state index contributed by atoms with van der Waals surface area (Å²) < 4.78 is 32.4. The predicted molar refractivity (Wildman–Crippen MR) is 70.7 cm³/mol. The number of hydrogen-bond acceptors (Lipinski definition) is 4. The van der Waals surface area contributed by atoms with Gasteiger partial charge < -0.3 is 10.5 Å². The third-order valence-corrected chi connectivity index (χ3v) is 5.44. The van der Waals surface area contributed by atoms with E-state index in [-0.39, 0.29) is 23.8 Å². The molecule has 1 saturated heterocycles. The molecule has 3 atom stereocenters. The van der Waals surface area contributed by atoms with Crippen LogP contribution in [0, 0.1) is 5.92 Å². The summed E-state index contributed by atoms with van der Waals surface area (Å²) in [6.07, 6.45) is 5.88. The van der Waals surface area contributed by atoms with Gasteiger partial charge in [0, 0.05) is 12.6 Å². The lowest BCUT2D eigenvalue weighted by Crippen LogP contribution is -2.46. The molecule has 5 nitrogen and oxygen atoms in total. The number of nitrogens with two attached hydrogens (primary N) is 1. The van der Waals surface area contributed by atoms with Crippen molar-refractivity contribution in [2.45, 2.75) is 50.7 Å². The molecule has 0 aromatic carbocycles. The Bertz CT molecular complexity index is 352. The highest BCUT2D eigenvalue weighted by molar-refractivity contribution is 7.89. The molecule has 1 aliphatic heterocycles. The Balaban J connectivity index is 1.89. The molecular weight excluding hydrogens is 252 g/mol. The van der Waals surface area contributed by atoms with Gasteiger partial charge in [-0.05, 0) is 38.1 Å². The Labute approximate surface area is 110 Å². The first kappa shape index (κ1) is 14.2. The highest BCUT2D eigenvalue weighted by Gasteiger charge is 2.30. The summed E-state index contributed by atoms with van der Waals surface area (Å²) in [7, 11) is -3.24. The van der Waals surface area contributed by atoms with Crippen LogP contribution in [-0.4, -0.2) is 39.5 Å². The maximum absolute atomic E-state index is 12.1. The minimum Gasteiger partial charge on any atom is -0.377 e. The molecule has 2 aliphatic rings. The maximum Gasteiger partial charge on any atom is 0.214 e. The molecule has 0 bridgehead atoms. The van der Waals surface area contributed by atoms with Gasteiger partial charge in [-0.1, -0.05) is 12.8 Å². The minimum absolute atomic E-state index is 0.0233. The van der Waals surface area contributed by atoms with Gasteiger partial charge in [-0.2, -0.15) is 0 Å². The van der Waals surface area contributed by atoms with Crippen LogP contribution in [0.1, 0.15) is 38.5 Å². The number of nitrogens with one attached hydrogen (secondary N) is 1. The zero-order valence-corrected chi connectivity index (χ0v) is 11.6. The van der Waals surface area contributed by atoms with Crippen LogP contribution in [0.25, 0.3) is 0 Å². The van der Waals surface area contributed by atoms with Crippen molar-refractivity contribution in [3.8, 4) is 0 Å². The van der Waals surface area contributed by atoms with E-state index in [1.54, 1.807) is 0 Å². The van der Waals surface area contributed by atoms with Crippen LogP contribution in [0.4, 0.5) is 0 Å². The second-order valence-corrected chi connectivity index (χ2v) is 7.22. The van der Waals surface area contributed by atoms with Crippen LogP contribution < -0.4 is 10.5 Å². The summed E-state index contributed by atoms with van der Waals surface area (Å²) in [6, 6.07) is 0.0233. The Kier molecular flexibility index (Phi) is 5.00. The molecular formula is C12H24N2O3S. The van der Waals surface area contributed by atoms with Gasteiger partial charge in [0.05, 0.1) is 11.9 Å². The summed E-state index contributed by atoms with van der Waals surface area (Å²) >= 11 is 0. The van der Waals surface area contributed by atoms with Gasteiger partial charge >= 0.3 is 0 Å². The van der Waals surface area contributed by atoms with Gasteiger partial charge in [-0.15, -0.1) is 0 Å². The SMILES string of the molecule is NCC1CCCCC1NS(=O)(=O)CC1CCCO1. The Hall–Kier alpha value is -0.170. The zero-order chi connectivity index (χ0) is 13.0. The fourth-order valence-corrected chi connectivity index (χ4v) is 4.56. The van der Waals surface area contributed by atoms with E-state index in [0.29, 0.717) is 13.2 Å². The smallest absolute Gasteiger partial charge is 0.214 e. The van der Waals surface area contributed by atoms with Gasteiger partial charge in [0.15, 0.2) is 0 Å². The van der Waals surface area contributed by atoms with E-state index in [1.165, 1.54) is 0 Å². The first-order chi connectivity index (χ1) is 8.61. The van der Waals surface area contributed by atoms with E-state index in [4.69, 9.17) is 10.5 Å². The van der Waals surface area contributed by atoms with E-state index < -0.39 is 10.0 Å². The van der Waals surface area contributed by atoms with E-state index in [0.717, 1.165) is 38.5 Å². The van der Waals surface area contributed by atoms with Crippen molar-refractivity contribution in [2.24, 2.45) is 11.7 Å². The van der Waals surface area contributed by atoms with Crippen LogP contribution in [0.15, 0.2) is 0 Å². The predicted octanol–water partition coefficient (Wildman–Crippen LogP) is 0.602. The summed E-state index contributed by atoms with van der Waals surface area (Å²) in [5.74, 6) is 0.388. The first-order valence-corrected chi connectivity index (χ1v) is 8.57. The van der Waals surface area contributed by atoms with Crippen molar-refractivity contribution in [3.63, 3.8) is 0 Å². The Morgan fingerprint density at radius 3 is 2.61 bits per heavy atom. The summed E-state index contributed by atoms with van der Waals surface area (Å²) in [5, 5.41) is 0. The molecule has 0 amide bonds. The Morgan fingerprint density at radius 1 is 1.17 bits per heavy atom. The van der Waals surface area contributed by atoms with Gasteiger partial charge in [0.1, 0.15) is 0 Å². The van der Waals surface area contributed by atoms with Crippen molar-refractivity contribution in [1.29, 1.82) is 0 Å². The van der Waals surface area contributed by atoms with Crippen LogP contribution >= 0.6 is 0 Å². The van der Waals surface area contributed by atoms with Crippen molar-refractivity contribution in [1.82, 2.24) is 4.72 Å². The number of rotatable bonds is 5. The molecule has 1 heterocycles. The topological polar surface area (TPSA) is 81.4 Å². The van der Waals surface area contributed by atoms with E-state index >= 15 is 0 Å². The van der Waals surface area contributed by atoms with Crippen molar-refractivity contribution in [3.05, 3.63) is 0 Å². The standard InChI is InChI=1S/C12H24N2O3S/c13-8-10-4-1-2-6-12(10)14-18(15,16)9-11-5-3-7-17-11/h10-12,14H,1-9,13H2. The third-order valence-electron chi connectivity index (χ3n) is 3.97. The lowest BCUT2D eigenvalue weighted by Gasteiger charge is -2.31. The van der Waals surface area contributed by atoms with Crippen LogP contribution in [0.3, 0.4) is 0 Å². The quantitative estimate of drug-likeness (QED) is 0.770. The van der Waals surface area contributed by atoms with Crippen molar-refractivity contribution < 1.29 is 13.2 Å². The number of ether oxygens (including phenoxy) is 1. The maximum atomic E-state index is 12.1. The van der Waals surface area contributed by atoms with E-state index in [1.807, 2.05) is 0 Å². The fourth-order valence-electron chi connectivity index (χ4n) is 2.94. The average molecular weight is 276 g/mol. The van der Waals surface area contributed by atoms with Crippen LogP contribution in [-0.2, 0) is 14.8 Å². The fraction of sp³-hybridized carbons (Fsp3) is 1.00. The molecule has 2 fully saturated rings. The van der Waals surface area contributed by atoms with Crippen LogP contribution in [0.5, 0.6) is 0 Å². The molecule has 6 heteroatoms. The normalized spacial score (nSPS) is 33.7. The molecule has 0 aromatic heterocycles. The molecule has 3 N–H and O–H groups in total. The molecule has 0 radical (unpaired) electrons. The molecule has 3 unspecified atom stereocenters. The average Bonchev–Trinajstić information content (AvgIpc) is 2.81. The summed E-state index contributed by atoms with van der Waals surface area (Å²) in [6.45, 7) is 1.25. The monoisotopic (exact) mass is 276 g/mol. The molecule has 1 aliphatic carbocycles. The molecule has 0 spiro atoms. The highest BCUT2D eigenvalue weighted by atomic mass is 32.2. The van der Waals surface area contributed by atoms with Gasteiger partial charge in [0.2, 0.25) is 10.0 Å². The van der Waals surface area contributed by atoms with Gasteiger partial charge in [-0.25, -0.2) is 13.1 Å². The summed E-state index contributed by atoms with van der Waals surface area (Å²) in [4.78, 5) is 0. The summed E-state index contributed by atoms with van der Waals surface area (Å²) in [5.41, 5.74) is 5.72. The molecule has 2 rings (SSSR count). The number of sulfonamides is 1. The number of hydrogen-bond donors (Lipinski definition) is 2. The third kappa shape index (κ3) is 3.91. The lowest BCUT2D eigenvalue weighted by atomic mass is 9.85. The molecule has 106 valence electrons. The molecule has 18 heavy (non-hydrogen) atoms. The molecule has 1 saturated carbocycles. The second kappa shape index (κ2) is 6.32. The minimum atomic E-state index is -3.24. The van der Waals surface area contributed by atoms with Crippen molar-refractivity contribution in [2.75, 3.05) is 18.9 Å². The largest absolute Gasteiger partial charge is 0.377 e. The van der Waals surface area contributed by atoms with Gasteiger partial charge in [0.25, 0.3) is 0 Å². The van der Waals surface area contributed by atoms with Gasteiger partial charge in [-0.3, -0.25) is 0 Å². The highest BCUT2D eigenvalue weighted by Crippen LogP contribution is 2.24. The molecule has 0 aromatic rings. The zero-order valence-electron chi connectivity index (χ0n) is 10.8. The van der Waals surface area contributed by atoms with Crippen LogP contribution in [0.2, 0.25) is 0 Å². The lowest BCUT2D eigenvalue weighted by molar-refractivity contribution is 0.127. The first-order valence-electron chi connectivity index (χ1n) is 6.92. The van der Waals surface area contributed by atoms with E-state index in [9.17, 15) is 8.42 Å². The second-order valence-electron chi connectivity index (χ2n) is 5.42. The van der Waals surface area contributed by atoms with Crippen molar-refractivity contribution >= 4 is 10.0 Å².